The van der Waals surface area contributed by atoms with Crippen LogP contribution < -0.4 is 0 Å². The van der Waals surface area contributed by atoms with Gasteiger partial charge < -0.3 is 0 Å². The molecule has 98 valence electrons. The predicted octanol–water partition coefficient (Wildman–Crippen LogP) is 4.18. The molecule has 2 rings (SSSR count). The monoisotopic (exact) mass is 256 g/mol. The van der Waals surface area contributed by atoms with E-state index in [0.717, 1.165) is 25.0 Å². The predicted molar refractivity (Wildman–Crippen MR) is 62.2 cm³/mol. The van der Waals surface area contributed by atoms with Crippen molar-refractivity contribution in [2.75, 3.05) is 0 Å². The van der Waals surface area contributed by atoms with Gasteiger partial charge in [0.05, 0.1) is 5.56 Å². The number of hydrogen-bond donors (Lipinski definition) is 0. The first-order chi connectivity index (χ1) is 8.38. The molecule has 0 amide bonds. The van der Waals surface area contributed by atoms with E-state index >= 15 is 0 Å². The fourth-order valence-corrected chi connectivity index (χ4v) is 2.44. The van der Waals surface area contributed by atoms with E-state index in [2.05, 4.69) is 6.92 Å². The van der Waals surface area contributed by atoms with Crippen LogP contribution in [0.4, 0.5) is 13.2 Å². The van der Waals surface area contributed by atoms with Crippen LogP contribution in [0.1, 0.15) is 43.2 Å². The summed E-state index contributed by atoms with van der Waals surface area (Å²) in [4.78, 5) is 11.8. The van der Waals surface area contributed by atoms with Gasteiger partial charge in [0.1, 0.15) is 5.78 Å². The highest BCUT2D eigenvalue weighted by Gasteiger charge is 2.32. The number of hydrogen-bond acceptors (Lipinski definition) is 1. The Hall–Kier alpha value is -1.32. The van der Waals surface area contributed by atoms with Crippen molar-refractivity contribution in [3.8, 4) is 0 Å². The first-order valence-corrected chi connectivity index (χ1v) is 6.08. The van der Waals surface area contributed by atoms with Crippen LogP contribution in [0.25, 0.3) is 0 Å². The quantitative estimate of drug-likeness (QED) is 0.736. The molecule has 18 heavy (non-hydrogen) atoms. The lowest BCUT2D eigenvalue weighted by Gasteiger charge is -2.26. The van der Waals surface area contributed by atoms with E-state index in [0.29, 0.717) is 17.9 Å². The Kier molecular flexibility index (Phi) is 3.46. The van der Waals surface area contributed by atoms with Gasteiger partial charge in [0.2, 0.25) is 0 Å². The fourth-order valence-electron chi connectivity index (χ4n) is 2.44. The molecule has 1 unspecified atom stereocenters. The summed E-state index contributed by atoms with van der Waals surface area (Å²) in [5.74, 6) is 0.374. The molecule has 1 fully saturated rings. The van der Waals surface area contributed by atoms with Crippen LogP contribution in [0, 0.1) is 5.92 Å². The zero-order valence-electron chi connectivity index (χ0n) is 10.1. The molecule has 1 saturated carbocycles. The highest BCUT2D eigenvalue weighted by molar-refractivity contribution is 5.86. The SMILES string of the molecule is C[C@H]1CCC(=O)C(c2ccc(C(F)(F)F)cc2)C1. The van der Waals surface area contributed by atoms with Crippen molar-refractivity contribution >= 4 is 5.78 Å². The average Bonchev–Trinajstić information content (AvgIpc) is 2.31. The Morgan fingerprint density at radius 2 is 1.78 bits per heavy atom. The Bertz CT molecular complexity index is 433. The van der Waals surface area contributed by atoms with Gasteiger partial charge in [-0.05, 0) is 36.5 Å². The van der Waals surface area contributed by atoms with Gasteiger partial charge in [-0.15, -0.1) is 0 Å². The molecule has 0 N–H and O–H groups in total. The first kappa shape index (κ1) is 13.1. The molecular weight excluding hydrogens is 241 g/mol. The van der Waals surface area contributed by atoms with Gasteiger partial charge in [-0.3, -0.25) is 4.79 Å². The molecule has 0 radical (unpaired) electrons. The smallest absolute Gasteiger partial charge is 0.299 e. The molecule has 2 atom stereocenters. The largest absolute Gasteiger partial charge is 0.416 e. The van der Waals surface area contributed by atoms with E-state index < -0.39 is 11.7 Å². The molecule has 0 aliphatic heterocycles. The number of carbonyl (C=O) groups excluding carboxylic acids is 1. The molecular formula is C14H15F3O. The Labute approximate surface area is 104 Å². The average molecular weight is 256 g/mol. The fraction of sp³-hybridized carbons (Fsp3) is 0.500. The summed E-state index contributed by atoms with van der Waals surface area (Å²) < 4.78 is 37.3. The van der Waals surface area contributed by atoms with E-state index in [-0.39, 0.29) is 11.7 Å². The summed E-state index contributed by atoms with van der Waals surface area (Å²) in [6.45, 7) is 2.07. The lowest BCUT2D eigenvalue weighted by Crippen LogP contribution is -2.22. The minimum atomic E-state index is -4.32. The second kappa shape index (κ2) is 4.75. The molecule has 0 bridgehead atoms. The number of halogens is 3. The van der Waals surface area contributed by atoms with E-state index in [1.165, 1.54) is 12.1 Å². The van der Waals surface area contributed by atoms with Crippen LogP contribution in [0.15, 0.2) is 24.3 Å². The normalized spacial score (nSPS) is 25.2. The van der Waals surface area contributed by atoms with E-state index in [1.54, 1.807) is 0 Å². The highest BCUT2D eigenvalue weighted by Crippen LogP contribution is 2.35. The molecule has 1 aliphatic carbocycles. The lowest BCUT2D eigenvalue weighted by atomic mass is 9.78. The van der Waals surface area contributed by atoms with Crippen molar-refractivity contribution in [3.05, 3.63) is 35.4 Å². The number of rotatable bonds is 1. The maximum absolute atomic E-state index is 12.4. The van der Waals surface area contributed by atoms with E-state index in [9.17, 15) is 18.0 Å². The molecule has 0 spiro atoms. The van der Waals surface area contributed by atoms with Gasteiger partial charge in [-0.25, -0.2) is 0 Å². The zero-order valence-corrected chi connectivity index (χ0v) is 10.1. The Morgan fingerprint density at radius 1 is 1.17 bits per heavy atom. The molecule has 1 aliphatic rings. The third kappa shape index (κ3) is 2.74. The second-order valence-corrected chi connectivity index (χ2v) is 5.02. The zero-order chi connectivity index (χ0) is 13.3. The first-order valence-electron chi connectivity index (χ1n) is 6.08. The van der Waals surface area contributed by atoms with Crippen LogP contribution >= 0.6 is 0 Å². The second-order valence-electron chi connectivity index (χ2n) is 5.02. The van der Waals surface area contributed by atoms with Crippen molar-refractivity contribution in [3.63, 3.8) is 0 Å². The minimum Gasteiger partial charge on any atom is -0.299 e. The van der Waals surface area contributed by atoms with Crippen molar-refractivity contribution in [2.24, 2.45) is 5.92 Å². The van der Waals surface area contributed by atoms with Crippen LogP contribution in [0.5, 0.6) is 0 Å². The number of Topliss-reactive ketones (excluding diaryl/α,β-unsaturated/α-hetero) is 1. The van der Waals surface area contributed by atoms with Crippen LogP contribution in [-0.2, 0) is 11.0 Å². The topological polar surface area (TPSA) is 17.1 Å². The van der Waals surface area contributed by atoms with Crippen molar-refractivity contribution in [1.82, 2.24) is 0 Å². The van der Waals surface area contributed by atoms with Gasteiger partial charge in [-0.1, -0.05) is 19.1 Å². The molecule has 0 aromatic heterocycles. The van der Waals surface area contributed by atoms with Crippen molar-refractivity contribution in [2.45, 2.75) is 38.3 Å². The van der Waals surface area contributed by atoms with Crippen molar-refractivity contribution < 1.29 is 18.0 Å². The number of ketones is 1. The third-order valence-electron chi connectivity index (χ3n) is 3.55. The number of carbonyl (C=O) groups is 1. The molecule has 0 heterocycles. The molecule has 4 heteroatoms. The van der Waals surface area contributed by atoms with E-state index in [4.69, 9.17) is 0 Å². The summed E-state index contributed by atoms with van der Waals surface area (Å²) in [6, 6.07) is 4.98. The lowest BCUT2D eigenvalue weighted by molar-refractivity contribution is -0.137. The van der Waals surface area contributed by atoms with Crippen LogP contribution in [0.2, 0.25) is 0 Å². The molecule has 1 aromatic rings. The van der Waals surface area contributed by atoms with Gasteiger partial charge in [-0.2, -0.15) is 13.2 Å². The summed E-state index contributed by atoms with van der Waals surface area (Å²) in [7, 11) is 0. The maximum Gasteiger partial charge on any atom is 0.416 e. The van der Waals surface area contributed by atoms with Gasteiger partial charge >= 0.3 is 6.18 Å². The number of benzene rings is 1. The van der Waals surface area contributed by atoms with Crippen LogP contribution in [0.3, 0.4) is 0 Å². The van der Waals surface area contributed by atoms with E-state index in [1.807, 2.05) is 0 Å². The van der Waals surface area contributed by atoms with Crippen LogP contribution in [-0.4, -0.2) is 5.78 Å². The summed E-state index contributed by atoms with van der Waals surface area (Å²) in [5, 5.41) is 0. The molecule has 1 nitrogen and oxygen atoms in total. The third-order valence-corrected chi connectivity index (χ3v) is 3.55. The van der Waals surface area contributed by atoms with Crippen molar-refractivity contribution in [1.29, 1.82) is 0 Å². The highest BCUT2D eigenvalue weighted by atomic mass is 19.4. The molecule has 1 aromatic carbocycles. The minimum absolute atomic E-state index is 0.146. The van der Waals surface area contributed by atoms with Gasteiger partial charge in [0.25, 0.3) is 0 Å². The maximum atomic E-state index is 12.4. The van der Waals surface area contributed by atoms with Gasteiger partial charge in [0.15, 0.2) is 0 Å². The number of alkyl halides is 3. The van der Waals surface area contributed by atoms with Gasteiger partial charge in [0, 0.05) is 12.3 Å². The Balaban J connectivity index is 2.21. The summed E-state index contributed by atoms with van der Waals surface area (Å²) in [5.41, 5.74) is 0.0436. The Morgan fingerprint density at radius 3 is 2.33 bits per heavy atom. The summed E-state index contributed by atoms with van der Waals surface area (Å²) >= 11 is 0. The summed E-state index contributed by atoms with van der Waals surface area (Å²) in [6.07, 6.45) is -2.16. The molecule has 0 saturated heterocycles. The standard InChI is InChI=1S/C14H15F3O/c1-9-2-7-13(18)12(8-9)10-3-5-11(6-4-10)14(15,16)17/h3-6,9,12H,2,7-8H2,1H3/t9-,12?/m0/s1.